The van der Waals surface area contributed by atoms with Gasteiger partial charge in [-0.25, -0.2) is 4.39 Å². The Balaban J connectivity index is 2.21. The van der Waals surface area contributed by atoms with Gasteiger partial charge in [0.1, 0.15) is 5.82 Å². The van der Waals surface area contributed by atoms with E-state index in [0.717, 1.165) is 25.2 Å². The molecule has 1 aromatic carbocycles. The van der Waals surface area contributed by atoms with E-state index in [2.05, 4.69) is 30.1 Å². The Hall–Kier alpha value is -1.44. The van der Waals surface area contributed by atoms with Crippen molar-refractivity contribution in [3.63, 3.8) is 0 Å². The maximum atomic E-state index is 13.1. The Morgan fingerprint density at radius 3 is 2.94 bits per heavy atom. The quantitative estimate of drug-likeness (QED) is 0.867. The van der Waals surface area contributed by atoms with Crippen molar-refractivity contribution in [1.29, 1.82) is 5.26 Å². The van der Waals surface area contributed by atoms with E-state index < -0.39 is 0 Å². The highest BCUT2D eigenvalue weighted by Gasteiger charge is 2.29. The van der Waals surface area contributed by atoms with Crippen molar-refractivity contribution in [2.24, 2.45) is 0 Å². The minimum atomic E-state index is -0.352. The number of piperazine rings is 1. The minimum Gasteiger partial charge on any atom is -0.314 e. The van der Waals surface area contributed by atoms with Crippen LogP contribution in [0.5, 0.6) is 0 Å². The Morgan fingerprint density at radius 1 is 1.50 bits per heavy atom. The molecule has 0 amide bonds. The molecule has 0 spiro atoms. The third-order valence-corrected chi connectivity index (χ3v) is 3.53. The van der Waals surface area contributed by atoms with Gasteiger partial charge in [-0.1, -0.05) is 6.07 Å². The first-order valence-corrected chi connectivity index (χ1v) is 6.17. The molecule has 1 fully saturated rings. The molecule has 1 heterocycles. The van der Waals surface area contributed by atoms with Crippen molar-refractivity contribution in [2.45, 2.75) is 25.9 Å². The molecule has 96 valence electrons. The van der Waals surface area contributed by atoms with Crippen LogP contribution in [0, 0.1) is 17.1 Å². The zero-order valence-electron chi connectivity index (χ0n) is 10.8. The van der Waals surface area contributed by atoms with Gasteiger partial charge in [-0.3, -0.25) is 4.90 Å². The molecule has 1 aliphatic heterocycles. The van der Waals surface area contributed by atoms with E-state index in [-0.39, 0.29) is 11.4 Å². The van der Waals surface area contributed by atoms with Crippen LogP contribution in [0.25, 0.3) is 0 Å². The van der Waals surface area contributed by atoms with Gasteiger partial charge in [-0.05, 0) is 31.5 Å². The summed E-state index contributed by atoms with van der Waals surface area (Å²) >= 11 is 0. The van der Waals surface area contributed by atoms with Crippen molar-refractivity contribution in [1.82, 2.24) is 10.2 Å². The molecule has 0 bridgehead atoms. The lowest BCUT2D eigenvalue weighted by Gasteiger charge is -2.43. The van der Waals surface area contributed by atoms with Gasteiger partial charge in [0.15, 0.2) is 0 Å². The van der Waals surface area contributed by atoms with Gasteiger partial charge >= 0.3 is 0 Å². The number of nitriles is 1. The largest absolute Gasteiger partial charge is 0.314 e. The van der Waals surface area contributed by atoms with E-state index in [9.17, 15) is 4.39 Å². The Morgan fingerprint density at radius 2 is 2.28 bits per heavy atom. The number of nitrogens with one attached hydrogen (secondary N) is 1. The number of halogens is 1. The van der Waals surface area contributed by atoms with E-state index in [4.69, 9.17) is 5.26 Å². The predicted octanol–water partition coefficient (Wildman–Crippen LogP) is 1.88. The van der Waals surface area contributed by atoms with E-state index in [0.29, 0.717) is 12.1 Å². The molecule has 0 unspecified atom stereocenters. The summed E-state index contributed by atoms with van der Waals surface area (Å²) in [6.07, 6.45) is 0. The smallest absolute Gasteiger partial charge is 0.124 e. The molecule has 3 nitrogen and oxygen atoms in total. The van der Waals surface area contributed by atoms with Crippen molar-refractivity contribution in [3.05, 3.63) is 35.1 Å². The molecular weight excluding hydrogens is 229 g/mol. The van der Waals surface area contributed by atoms with Gasteiger partial charge in [0.2, 0.25) is 0 Å². The Kier molecular flexibility index (Phi) is 3.65. The van der Waals surface area contributed by atoms with Crippen LogP contribution < -0.4 is 5.32 Å². The average Bonchev–Trinajstić information content (AvgIpc) is 2.33. The summed E-state index contributed by atoms with van der Waals surface area (Å²) in [6.45, 7) is 7.86. The van der Waals surface area contributed by atoms with Crippen LogP contribution in [0.4, 0.5) is 4.39 Å². The van der Waals surface area contributed by atoms with Gasteiger partial charge in [-0.2, -0.15) is 5.26 Å². The number of hydrogen-bond donors (Lipinski definition) is 1. The first-order valence-electron chi connectivity index (χ1n) is 6.17. The summed E-state index contributed by atoms with van der Waals surface area (Å²) in [5, 5.41) is 12.4. The maximum absolute atomic E-state index is 13.1. The fraction of sp³-hybridized carbons (Fsp3) is 0.500. The second kappa shape index (κ2) is 5.05. The lowest BCUT2D eigenvalue weighted by Crippen LogP contribution is -2.57. The fourth-order valence-electron chi connectivity index (χ4n) is 2.31. The van der Waals surface area contributed by atoms with E-state index in [1.54, 1.807) is 6.07 Å². The molecule has 1 saturated heterocycles. The van der Waals surface area contributed by atoms with Gasteiger partial charge in [0.05, 0.1) is 11.6 Å². The molecule has 2 rings (SSSR count). The summed E-state index contributed by atoms with van der Waals surface area (Å²) in [5.41, 5.74) is 1.39. The average molecular weight is 247 g/mol. The first kappa shape index (κ1) is 13.0. The van der Waals surface area contributed by atoms with Gasteiger partial charge in [0.25, 0.3) is 0 Å². The molecule has 0 radical (unpaired) electrons. The maximum Gasteiger partial charge on any atom is 0.124 e. The molecule has 0 aliphatic carbocycles. The number of nitrogens with zero attached hydrogens (tertiary/aromatic N) is 2. The zero-order chi connectivity index (χ0) is 13.2. The van der Waals surface area contributed by atoms with E-state index in [1.807, 2.05) is 0 Å². The van der Waals surface area contributed by atoms with E-state index >= 15 is 0 Å². The summed E-state index contributed by atoms with van der Waals surface area (Å²) < 4.78 is 13.1. The molecule has 4 heteroatoms. The van der Waals surface area contributed by atoms with Crippen LogP contribution in [-0.2, 0) is 6.54 Å². The lowest BCUT2D eigenvalue weighted by atomic mass is 9.98. The topological polar surface area (TPSA) is 39.1 Å². The van der Waals surface area contributed by atoms with Crippen molar-refractivity contribution >= 4 is 0 Å². The summed E-state index contributed by atoms with van der Waals surface area (Å²) in [4.78, 5) is 2.33. The SMILES string of the molecule is CC1(C)CNCCN1Cc1ccc(F)cc1C#N. The molecule has 1 aliphatic rings. The van der Waals surface area contributed by atoms with Crippen molar-refractivity contribution in [2.75, 3.05) is 19.6 Å². The minimum absolute atomic E-state index is 0.0549. The highest BCUT2D eigenvalue weighted by atomic mass is 19.1. The van der Waals surface area contributed by atoms with Gasteiger partial charge in [0, 0.05) is 31.7 Å². The molecule has 1 N–H and O–H groups in total. The van der Waals surface area contributed by atoms with Crippen LogP contribution in [0.15, 0.2) is 18.2 Å². The van der Waals surface area contributed by atoms with Crippen molar-refractivity contribution < 1.29 is 4.39 Å². The molecule has 18 heavy (non-hydrogen) atoms. The second-order valence-electron chi connectivity index (χ2n) is 5.32. The Bertz CT molecular complexity index is 476. The van der Waals surface area contributed by atoms with Crippen LogP contribution in [0.2, 0.25) is 0 Å². The lowest BCUT2D eigenvalue weighted by molar-refractivity contribution is 0.0826. The normalized spacial score (nSPS) is 19.4. The van der Waals surface area contributed by atoms with Crippen LogP contribution in [-0.4, -0.2) is 30.1 Å². The summed E-state index contributed by atoms with van der Waals surface area (Å²) in [7, 11) is 0. The first-order chi connectivity index (χ1) is 8.53. The highest BCUT2D eigenvalue weighted by molar-refractivity contribution is 5.38. The fourth-order valence-corrected chi connectivity index (χ4v) is 2.31. The standard InChI is InChI=1S/C14H18FN3/c1-14(2)10-17-5-6-18(14)9-11-3-4-13(15)7-12(11)8-16/h3-4,7,17H,5-6,9-10H2,1-2H3. The third kappa shape index (κ3) is 2.69. The molecule has 1 aromatic rings. The van der Waals surface area contributed by atoms with E-state index in [1.165, 1.54) is 12.1 Å². The molecular formula is C14H18FN3. The predicted molar refractivity (Wildman–Crippen MR) is 68.5 cm³/mol. The monoisotopic (exact) mass is 247 g/mol. The molecule has 0 atom stereocenters. The summed E-state index contributed by atoms with van der Waals surface area (Å²) in [5.74, 6) is -0.352. The zero-order valence-corrected chi connectivity index (χ0v) is 10.8. The van der Waals surface area contributed by atoms with Crippen LogP contribution >= 0.6 is 0 Å². The van der Waals surface area contributed by atoms with Crippen LogP contribution in [0.3, 0.4) is 0 Å². The third-order valence-electron chi connectivity index (χ3n) is 3.53. The van der Waals surface area contributed by atoms with Gasteiger partial charge < -0.3 is 5.32 Å². The number of rotatable bonds is 2. The summed E-state index contributed by atoms with van der Waals surface area (Å²) in [6, 6.07) is 6.52. The van der Waals surface area contributed by atoms with Gasteiger partial charge in [-0.15, -0.1) is 0 Å². The second-order valence-corrected chi connectivity index (χ2v) is 5.32. The number of hydrogen-bond acceptors (Lipinski definition) is 3. The van der Waals surface area contributed by atoms with Crippen LogP contribution in [0.1, 0.15) is 25.0 Å². The van der Waals surface area contributed by atoms with Crippen molar-refractivity contribution in [3.8, 4) is 6.07 Å². The number of benzene rings is 1. The Labute approximate surface area is 107 Å². The molecule has 0 saturated carbocycles. The highest BCUT2D eigenvalue weighted by Crippen LogP contribution is 2.21. The molecule has 0 aromatic heterocycles.